The molecule has 0 aliphatic heterocycles. The molecule has 4 heteroatoms. The summed E-state index contributed by atoms with van der Waals surface area (Å²) in [7, 11) is -2.58. The van der Waals surface area contributed by atoms with E-state index in [0.717, 1.165) is 44.9 Å². The number of hydrogen-bond donors (Lipinski definition) is 2. The van der Waals surface area contributed by atoms with Crippen molar-refractivity contribution in [1.82, 2.24) is 0 Å². The molecule has 0 aromatic heterocycles. The van der Waals surface area contributed by atoms with Gasteiger partial charge in [-0.15, -0.1) is 0 Å². The van der Waals surface area contributed by atoms with Gasteiger partial charge in [-0.05, 0) is 102 Å². The Morgan fingerprint density at radius 1 is 0.825 bits per heavy atom. The van der Waals surface area contributed by atoms with E-state index in [1.165, 1.54) is 10.4 Å². The van der Waals surface area contributed by atoms with Crippen LogP contribution in [0.1, 0.15) is 93.4 Å². The lowest BCUT2D eigenvalue weighted by Crippen LogP contribution is -2.68. The van der Waals surface area contributed by atoms with Crippen molar-refractivity contribution in [1.29, 1.82) is 0 Å². The van der Waals surface area contributed by atoms with Crippen LogP contribution < -0.4 is 10.4 Å². The molecule has 0 bridgehead atoms. The highest BCUT2D eigenvalue weighted by Crippen LogP contribution is 2.65. The lowest BCUT2D eigenvalue weighted by atomic mass is 9.49. The Bertz CT molecular complexity index is 1100. The molecule has 3 aliphatic rings. The molecule has 3 nitrogen and oxygen atoms in total. The Hall–Kier alpha value is -1.46. The maximum Gasteiger partial charge on any atom is 0.261 e. The van der Waals surface area contributed by atoms with E-state index in [9.17, 15) is 10.2 Å². The second kappa shape index (κ2) is 10.7. The first-order chi connectivity index (χ1) is 18.8. The third-order valence-corrected chi connectivity index (χ3v) is 17.7. The summed E-state index contributed by atoms with van der Waals surface area (Å²) in [6, 6.07) is 22.1. The second-order valence-corrected chi connectivity index (χ2v) is 19.7. The van der Waals surface area contributed by atoms with Gasteiger partial charge in [0, 0.05) is 12.7 Å². The van der Waals surface area contributed by atoms with E-state index in [1.54, 1.807) is 0 Å². The molecule has 0 radical (unpaired) electrons. The Labute approximate surface area is 244 Å². The molecular weight excluding hydrogens is 508 g/mol. The third kappa shape index (κ3) is 4.66. The van der Waals surface area contributed by atoms with Crippen molar-refractivity contribution >= 4 is 18.7 Å². The second-order valence-electron chi connectivity index (χ2n) is 15.4. The number of rotatable bonds is 6. The van der Waals surface area contributed by atoms with Gasteiger partial charge in [-0.2, -0.15) is 0 Å². The molecule has 40 heavy (non-hydrogen) atoms. The molecular formula is C36H54O3Si. The van der Waals surface area contributed by atoms with Crippen molar-refractivity contribution < 1.29 is 14.6 Å². The molecule has 220 valence electrons. The predicted octanol–water partition coefficient (Wildman–Crippen LogP) is 6.94. The van der Waals surface area contributed by atoms with Gasteiger partial charge in [0.2, 0.25) is 0 Å². The van der Waals surface area contributed by atoms with Crippen molar-refractivity contribution in [2.45, 2.75) is 110 Å². The minimum atomic E-state index is -2.58. The molecule has 8 atom stereocenters. The highest BCUT2D eigenvalue weighted by atomic mass is 28.4. The zero-order chi connectivity index (χ0) is 29.0. The van der Waals surface area contributed by atoms with Gasteiger partial charge < -0.3 is 14.6 Å². The van der Waals surface area contributed by atoms with Gasteiger partial charge in [-0.3, -0.25) is 0 Å². The van der Waals surface area contributed by atoms with Crippen LogP contribution in [-0.4, -0.2) is 36.8 Å². The standard InChI is InChI=1S/C36H54O3Si/c1-26-24-27(39-40(33(2,3)4,28-14-10-8-11-15-28)29-16-12-9-13-17-29)18-21-34(26,5)31-19-22-35(6)32(30(31)25-37)20-23-36(35,7)38/h8-17,26-27,30-32,37-38H,18-25H2,1-7H3/t26-,27-,30+,31-,32-,34+,35-,36-/m0/s1. The Balaban J connectivity index is 1.42. The van der Waals surface area contributed by atoms with E-state index in [0.29, 0.717) is 17.8 Å². The van der Waals surface area contributed by atoms with E-state index in [1.807, 2.05) is 6.92 Å². The van der Waals surface area contributed by atoms with Gasteiger partial charge in [0.05, 0.1) is 5.60 Å². The summed E-state index contributed by atoms with van der Waals surface area (Å²) in [5, 5.41) is 24.7. The average molecular weight is 563 g/mol. The minimum Gasteiger partial charge on any atom is -0.404 e. The highest BCUT2D eigenvalue weighted by Gasteiger charge is 2.62. The summed E-state index contributed by atoms with van der Waals surface area (Å²) in [6.45, 7) is 16.7. The summed E-state index contributed by atoms with van der Waals surface area (Å²) in [4.78, 5) is 0. The zero-order valence-electron chi connectivity index (χ0n) is 26.1. The van der Waals surface area contributed by atoms with Crippen LogP contribution >= 0.6 is 0 Å². The summed E-state index contributed by atoms with van der Waals surface area (Å²) >= 11 is 0. The molecule has 0 spiro atoms. The number of hydrogen-bond acceptors (Lipinski definition) is 3. The topological polar surface area (TPSA) is 49.7 Å². The molecule has 3 fully saturated rings. The monoisotopic (exact) mass is 562 g/mol. The summed E-state index contributed by atoms with van der Waals surface area (Å²) in [6.07, 6.45) is 7.56. The number of fused-ring (bicyclic) bond motifs is 1. The maximum atomic E-state index is 11.3. The minimum absolute atomic E-state index is 0.0189. The van der Waals surface area contributed by atoms with E-state index >= 15 is 0 Å². The first kappa shape index (κ1) is 30.0. The summed E-state index contributed by atoms with van der Waals surface area (Å²) in [5.74, 6) is 1.68. The van der Waals surface area contributed by atoms with E-state index < -0.39 is 13.9 Å². The van der Waals surface area contributed by atoms with Gasteiger partial charge >= 0.3 is 0 Å². The summed E-state index contributed by atoms with van der Waals surface area (Å²) < 4.78 is 7.59. The molecule has 3 saturated carbocycles. The van der Waals surface area contributed by atoms with Gasteiger partial charge in [-0.25, -0.2) is 0 Å². The summed E-state index contributed by atoms with van der Waals surface area (Å²) in [5.41, 5.74) is -0.529. The zero-order valence-corrected chi connectivity index (χ0v) is 27.1. The van der Waals surface area contributed by atoms with E-state index in [2.05, 4.69) is 102 Å². The Kier molecular flexibility index (Phi) is 8.00. The molecule has 2 N–H and O–H groups in total. The lowest BCUT2D eigenvalue weighted by Gasteiger charge is -2.58. The number of benzene rings is 2. The van der Waals surface area contributed by atoms with Gasteiger partial charge in [0.1, 0.15) is 0 Å². The van der Waals surface area contributed by atoms with E-state index in [-0.39, 0.29) is 34.5 Å². The smallest absolute Gasteiger partial charge is 0.261 e. The van der Waals surface area contributed by atoms with Crippen molar-refractivity contribution in [3.8, 4) is 0 Å². The largest absolute Gasteiger partial charge is 0.404 e. The van der Waals surface area contributed by atoms with Crippen LogP contribution in [0.5, 0.6) is 0 Å². The van der Waals surface area contributed by atoms with Crippen molar-refractivity contribution in [2.24, 2.45) is 34.5 Å². The first-order valence-electron chi connectivity index (χ1n) is 15.9. The molecule has 2 aromatic carbocycles. The van der Waals surface area contributed by atoms with Crippen LogP contribution in [0.15, 0.2) is 60.7 Å². The lowest BCUT2D eigenvalue weighted by molar-refractivity contribution is -0.137. The van der Waals surface area contributed by atoms with Crippen LogP contribution in [-0.2, 0) is 4.43 Å². The normalized spacial score (nSPS) is 38.7. The first-order valence-corrected chi connectivity index (χ1v) is 17.8. The molecule has 0 heterocycles. The Morgan fingerprint density at radius 2 is 1.38 bits per heavy atom. The number of aliphatic hydroxyl groups is 2. The average Bonchev–Trinajstić information content (AvgIpc) is 3.17. The maximum absolute atomic E-state index is 11.3. The van der Waals surface area contributed by atoms with Crippen molar-refractivity contribution in [3.63, 3.8) is 0 Å². The van der Waals surface area contributed by atoms with Crippen LogP contribution in [0.2, 0.25) is 5.04 Å². The van der Waals surface area contributed by atoms with Crippen LogP contribution in [0, 0.1) is 34.5 Å². The molecule has 0 unspecified atom stereocenters. The van der Waals surface area contributed by atoms with Crippen LogP contribution in [0.25, 0.3) is 0 Å². The molecule has 3 aliphatic carbocycles. The van der Waals surface area contributed by atoms with Crippen LogP contribution in [0.3, 0.4) is 0 Å². The third-order valence-electron chi connectivity index (χ3n) is 12.6. The van der Waals surface area contributed by atoms with Gasteiger partial charge in [0.15, 0.2) is 0 Å². The fourth-order valence-electron chi connectivity index (χ4n) is 9.70. The SMILES string of the molecule is C[C@H]1C[C@@H](O[Si](c2ccccc2)(c2ccccc2)C(C)(C)C)CC[C@@]1(C)[C@H]1CC[C@@]2(C)[C@@H](CC[C@]2(C)O)[C@@H]1CO. The molecule has 0 saturated heterocycles. The number of aliphatic hydroxyl groups excluding tert-OH is 1. The molecule has 5 rings (SSSR count). The Morgan fingerprint density at radius 3 is 1.88 bits per heavy atom. The van der Waals surface area contributed by atoms with Gasteiger partial charge in [-0.1, -0.05) is 102 Å². The van der Waals surface area contributed by atoms with Crippen LogP contribution in [0.4, 0.5) is 0 Å². The molecule has 0 amide bonds. The van der Waals surface area contributed by atoms with E-state index in [4.69, 9.17) is 4.43 Å². The molecule has 2 aromatic rings. The highest BCUT2D eigenvalue weighted by molar-refractivity contribution is 6.99. The van der Waals surface area contributed by atoms with Crippen molar-refractivity contribution in [2.75, 3.05) is 6.61 Å². The van der Waals surface area contributed by atoms with Crippen molar-refractivity contribution in [3.05, 3.63) is 60.7 Å². The van der Waals surface area contributed by atoms with Gasteiger partial charge in [0.25, 0.3) is 8.32 Å². The predicted molar refractivity (Wildman–Crippen MR) is 168 cm³/mol. The quantitative estimate of drug-likeness (QED) is 0.375. The fraction of sp³-hybridized carbons (Fsp3) is 0.667. The fourth-order valence-corrected chi connectivity index (χ4v) is 14.4.